The smallest absolute Gasteiger partial charge is 0.262 e. The number of rotatable bonds is 9. The van der Waals surface area contributed by atoms with Gasteiger partial charge in [0.25, 0.3) is 5.91 Å². The third-order valence-corrected chi connectivity index (χ3v) is 4.06. The van der Waals surface area contributed by atoms with Gasteiger partial charge in [-0.05, 0) is 36.8 Å². The number of nitrogens with one attached hydrogen (secondary N) is 1. The molecule has 0 radical (unpaired) electrons. The van der Waals surface area contributed by atoms with E-state index in [1.165, 1.54) is 6.08 Å². The van der Waals surface area contributed by atoms with E-state index in [9.17, 15) is 10.1 Å². The molecule has 0 atom stereocenters. The largest absolute Gasteiger partial charge is 0.490 e. The minimum atomic E-state index is -0.459. The Morgan fingerprint density at radius 1 is 1.25 bits per heavy atom. The Morgan fingerprint density at radius 3 is 2.71 bits per heavy atom. The Labute approximate surface area is 169 Å². The normalized spacial score (nSPS) is 10.7. The first-order valence-corrected chi connectivity index (χ1v) is 9.10. The number of amides is 1. The number of ether oxygens (including phenoxy) is 2. The van der Waals surface area contributed by atoms with Crippen molar-refractivity contribution in [2.45, 2.75) is 13.5 Å². The van der Waals surface area contributed by atoms with Crippen molar-refractivity contribution in [3.8, 4) is 17.6 Å². The maximum absolute atomic E-state index is 12.0. The molecule has 6 heteroatoms. The minimum absolute atomic E-state index is 0.00552. The summed E-state index contributed by atoms with van der Waals surface area (Å²) in [4.78, 5) is 12.0. The number of carbonyl (C=O) groups excluding carboxylic acids is 1. The van der Waals surface area contributed by atoms with Crippen molar-refractivity contribution in [3.63, 3.8) is 0 Å². The van der Waals surface area contributed by atoms with Gasteiger partial charge in [-0.25, -0.2) is 0 Å². The molecule has 0 aliphatic heterocycles. The van der Waals surface area contributed by atoms with Gasteiger partial charge < -0.3 is 14.8 Å². The molecule has 0 aromatic heterocycles. The summed E-state index contributed by atoms with van der Waals surface area (Å²) < 4.78 is 11.5. The molecule has 0 fully saturated rings. The van der Waals surface area contributed by atoms with Crippen molar-refractivity contribution in [1.29, 1.82) is 5.26 Å². The Kier molecular flexibility index (Phi) is 8.13. The van der Waals surface area contributed by atoms with Crippen LogP contribution in [0.4, 0.5) is 0 Å². The summed E-state index contributed by atoms with van der Waals surface area (Å²) in [6, 6.07) is 14.6. The summed E-state index contributed by atoms with van der Waals surface area (Å²) in [6.07, 6.45) is 3.05. The summed E-state index contributed by atoms with van der Waals surface area (Å²) >= 11 is 6.16. The number of hydrogen-bond donors (Lipinski definition) is 1. The van der Waals surface area contributed by atoms with Crippen LogP contribution in [0.1, 0.15) is 18.1 Å². The molecule has 0 saturated heterocycles. The Balaban J connectivity index is 2.22. The van der Waals surface area contributed by atoms with E-state index < -0.39 is 5.91 Å². The van der Waals surface area contributed by atoms with Crippen LogP contribution in [0, 0.1) is 11.3 Å². The maximum Gasteiger partial charge on any atom is 0.262 e. The van der Waals surface area contributed by atoms with Crippen LogP contribution in [0.2, 0.25) is 5.02 Å². The third-order valence-electron chi connectivity index (χ3n) is 3.69. The van der Waals surface area contributed by atoms with Crippen molar-refractivity contribution in [3.05, 3.63) is 76.8 Å². The van der Waals surface area contributed by atoms with E-state index in [2.05, 4.69) is 11.9 Å². The van der Waals surface area contributed by atoms with Crippen LogP contribution in [0.15, 0.2) is 60.7 Å². The number of hydrogen-bond acceptors (Lipinski definition) is 4. The molecule has 0 aliphatic rings. The van der Waals surface area contributed by atoms with E-state index in [4.69, 9.17) is 21.1 Å². The van der Waals surface area contributed by atoms with Crippen LogP contribution < -0.4 is 14.8 Å². The van der Waals surface area contributed by atoms with Gasteiger partial charge in [-0.1, -0.05) is 41.9 Å². The first-order valence-electron chi connectivity index (χ1n) is 8.73. The maximum atomic E-state index is 12.0. The minimum Gasteiger partial charge on any atom is -0.490 e. The topological polar surface area (TPSA) is 71.4 Å². The molecule has 0 spiro atoms. The van der Waals surface area contributed by atoms with Crippen molar-refractivity contribution in [2.24, 2.45) is 0 Å². The summed E-state index contributed by atoms with van der Waals surface area (Å²) in [5, 5.41) is 12.5. The third kappa shape index (κ3) is 5.90. The predicted molar refractivity (Wildman–Crippen MR) is 110 cm³/mol. The van der Waals surface area contributed by atoms with Crippen molar-refractivity contribution in [1.82, 2.24) is 5.32 Å². The Bertz CT molecular complexity index is 916. The van der Waals surface area contributed by atoms with Crippen molar-refractivity contribution in [2.75, 3.05) is 13.2 Å². The van der Waals surface area contributed by atoms with Crippen LogP contribution in [-0.4, -0.2) is 19.1 Å². The lowest BCUT2D eigenvalue weighted by molar-refractivity contribution is -0.116. The quantitative estimate of drug-likeness (QED) is 0.384. The fourth-order valence-corrected chi connectivity index (χ4v) is 2.54. The average molecular weight is 397 g/mol. The van der Waals surface area contributed by atoms with Gasteiger partial charge >= 0.3 is 0 Å². The molecule has 28 heavy (non-hydrogen) atoms. The molecule has 1 N–H and O–H groups in total. The van der Waals surface area contributed by atoms with Crippen LogP contribution >= 0.6 is 11.6 Å². The standard InChI is InChI=1S/C22H21ClN2O3/c1-3-11-25-22(26)18(14-24)12-16-9-10-20(21(13-16)27-4-2)28-15-17-7-5-6-8-19(17)23/h3,5-10,12-13H,1,4,11,15H2,2H3,(H,25,26)/b18-12+. The van der Waals surface area contributed by atoms with Gasteiger partial charge in [0.2, 0.25) is 0 Å². The van der Waals surface area contributed by atoms with Gasteiger partial charge in [0.1, 0.15) is 18.2 Å². The molecule has 2 aromatic rings. The molecule has 0 saturated carbocycles. The van der Waals surface area contributed by atoms with E-state index in [1.54, 1.807) is 30.3 Å². The highest BCUT2D eigenvalue weighted by Gasteiger charge is 2.11. The Morgan fingerprint density at radius 2 is 2.04 bits per heavy atom. The number of nitriles is 1. The van der Waals surface area contributed by atoms with Gasteiger partial charge in [-0.2, -0.15) is 5.26 Å². The zero-order valence-electron chi connectivity index (χ0n) is 15.6. The molecule has 0 heterocycles. The summed E-state index contributed by atoms with van der Waals surface area (Å²) in [5.74, 6) is 0.611. The van der Waals surface area contributed by atoms with E-state index >= 15 is 0 Å². The second kappa shape index (κ2) is 10.8. The van der Waals surface area contributed by atoms with Crippen LogP contribution in [0.3, 0.4) is 0 Å². The molecule has 144 valence electrons. The molecule has 0 unspecified atom stereocenters. The number of carbonyl (C=O) groups is 1. The lowest BCUT2D eigenvalue weighted by atomic mass is 10.1. The highest BCUT2D eigenvalue weighted by atomic mass is 35.5. The van der Waals surface area contributed by atoms with Crippen LogP contribution in [0.25, 0.3) is 6.08 Å². The highest BCUT2D eigenvalue weighted by molar-refractivity contribution is 6.31. The number of halogens is 1. The number of nitrogens with zero attached hydrogens (tertiary/aromatic N) is 1. The summed E-state index contributed by atoms with van der Waals surface area (Å²) in [6.45, 7) is 6.42. The fraction of sp³-hybridized carbons (Fsp3) is 0.182. The first-order chi connectivity index (χ1) is 13.6. The SMILES string of the molecule is C=CCNC(=O)/C(C#N)=C/c1ccc(OCc2ccccc2Cl)c(OCC)c1. The highest BCUT2D eigenvalue weighted by Crippen LogP contribution is 2.30. The lowest BCUT2D eigenvalue weighted by Crippen LogP contribution is -2.24. The van der Waals surface area contributed by atoms with Crippen LogP contribution in [0.5, 0.6) is 11.5 Å². The molecule has 2 rings (SSSR count). The van der Waals surface area contributed by atoms with E-state index in [0.29, 0.717) is 35.3 Å². The first kappa shape index (κ1) is 21.1. The van der Waals surface area contributed by atoms with Crippen molar-refractivity contribution < 1.29 is 14.3 Å². The van der Waals surface area contributed by atoms with Gasteiger partial charge in [-0.15, -0.1) is 6.58 Å². The second-order valence-electron chi connectivity index (χ2n) is 5.69. The van der Waals surface area contributed by atoms with Gasteiger partial charge in [0, 0.05) is 17.1 Å². The zero-order valence-corrected chi connectivity index (χ0v) is 16.3. The Hall–Kier alpha value is -3.23. The lowest BCUT2D eigenvalue weighted by Gasteiger charge is -2.13. The van der Waals surface area contributed by atoms with Crippen LogP contribution in [-0.2, 0) is 11.4 Å². The molecule has 5 nitrogen and oxygen atoms in total. The molecule has 2 aromatic carbocycles. The monoisotopic (exact) mass is 396 g/mol. The predicted octanol–water partition coefficient (Wildman–Crippen LogP) is 4.53. The molecular weight excluding hydrogens is 376 g/mol. The molecule has 0 bridgehead atoms. The van der Waals surface area contributed by atoms with Gasteiger partial charge in [-0.3, -0.25) is 4.79 Å². The summed E-state index contributed by atoms with van der Waals surface area (Å²) in [5.41, 5.74) is 1.51. The molecular formula is C22H21ClN2O3. The van der Waals surface area contributed by atoms with E-state index in [0.717, 1.165) is 5.56 Å². The van der Waals surface area contributed by atoms with Gasteiger partial charge in [0.05, 0.1) is 6.61 Å². The average Bonchev–Trinajstić information content (AvgIpc) is 2.70. The fourth-order valence-electron chi connectivity index (χ4n) is 2.35. The molecule has 1 amide bonds. The zero-order chi connectivity index (χ0) is 20.4. The second-order valence-corrected chi connectivity index (χ2v) is 6.09. The van der Waals surface area contributed by atoms with Crippen molar-refractivity contribution >= 4 is 23.6 Å². The van der Waals surface area contributed by atoms with Gasteiger partial charge in [0.15, 0.2) is 11.5 Å². The summed E-state index contributed by atoms with van der Waals surface area (Å²) in [7, 11) is 0. The van der Waals surface area contributed by atoms with E-state index in [-0.39, 0.29) is 12.1 Å². The van der Waals surface area contributed by atoms with E-state index in [1.807, 2.05) is 31.2 Å². The molecule has 0 aliphatic carbocycles. The number of benzene rings is 2.